The molecule has 1 saturated heterocycles. The van der Waals surface area contributed by atoms with Gasteiger partial charge in [-0.2, -0.15) is 0 Å². The Kier molecular flexibility index (Phi) is 7.29. The van der Waals surface area contributed by atoms with Crippen LogP contribution in [0.15, 0.2) is 48.8 Å². The first kappa shape index (κ1) is 22.2. The monoisotopic (exact) mass is 433 g/mol. The molecule has 32 heavy (non-hydrogen) atoms. The number of anilines is 1. The van der Waals surface area contributed by atoms with Crippen LogP contribution < -0.4 is 5.32 Å². The summed E-state index contributed by atoms with van der Waals surface area (Å²) in [7, 11) is 0. The van der Waals surface area contributed by atoms with Crippen molar-refractivity contribution in [1.29, 1.82) is 0 Å². The van der Waals surface area contributed by atoms with E-state index in [0.717, 1.165) is 48.8 Å². The highest BCUT2D eigenvalue weighted by molar-refractivity contribution is 5.56. The molecule has 2 aromatic heterocycles. The molecule has 0 aliphatic carbocycles. The fourth-order valence-electron chi connectivity index (χ4n) is 4.14. The van der Waals surface area contributed by atoms with Crippen LogP contribution in [0, 0.1) is 6.92 Å². The lowest BCUT2D eigenvalue weighted by molar-refractivity contribution is 0.177. The highest BCUT2D eigenvalue weighted by Crippen LogP contribution is 2.25. The number of pyridine rings is 1. The van der Waals surface area contributed by atoms with Gasteiger partial charge in [0.1, 0.15) is 11.6 Å². The van der Waals surface area contributed by atoms with Gasteiger partial charge in [0.05, 0.1) is 6.10 Å². The van der Waals surface area contributed by atoms with Crippen LogP contribution in [0.25, 0.3) is 11.4 Å². The number of hydrogen-bond donors (Lipinski definition) is 3. The van der Waals surface area contributed by atoms with E-state index in [1.807, 2.05) is 31.2 Å². The largest absolute Gasteiger partial charge is 0.508 e. The molecule has 168 valence electrons. The van der Waals surface area contributed by atoms with Crippen LogP contribution >= 0.6 is 0 Å². The van der Waals surface area contributed by atoms with Crippen LogP contribution in [0.5, 0.6) is 5.75 Å². The minimum absolute atomic E-state index is 0.151. The molecule has 1 unspecified atom stereocenters. The Labute approximate surface area is 189 Å². The van der Waals surface area contributed by atoms with Crippen molar-refractivity contribution < 1.29 is 10.2 Å². The van der Waals surface area contributed by atoms with Crippen LogP contribution in [0.3, 0.4) is 0 Å². The number of aromatic nitrogens is 3. The highest BCUT2D eigenvalue weighted by Gasteiger charge is 2.15. The maximum Gasteiger partial charge on any atom is 0.163 e. The number of phenolic OH excluding ortho intramolecular Hbond substituents is 1. The molecule has 1 aliphatic rings. The highest BCUT2D eigenvalue weighted by atomic mass is 16.3. The molecule has 4 rings (SSSR count). The van der Waals surface area contributed by atoms with Gasteiger partial charge in [-0.15, -0.1) is 0 Å². The van der Waals surface area contributed by atoms with E-state index in [2.05, 4.69) is 20.2 Å². The number of piperidine rings is 1. The van der Waals surface area contributed by atoms with E-state index in [-0.39, 0.29) is 5.75 Å². The van der Waals surface area contributed by atoms with Gasteiger partial charge < -0.3 is 20.4 Å². The number of likely N-dealkylation sites (tertiary alicyclic amines) is 1. The van der Waals surface area contributed by atoms with E-state index in [1.165, 1.54) is 19.3 Å². The average Bonchev–Trinajstić information content (AvgIpc) is 2.79. The van der Waals surface area contributed by atoms with Crippen molar-refractivity contribution >= 4 is 5.82 Å². The maximum absolute atomic E-state index is 10.8. The van der Waals surface area contributed by atoms with Gasteiger partial charge in [0.15, 0.2) is 5.82 Å². The van der Waals surface area contributed by atoms with Crippen molar-refractivity contribution in [3.05, 3.63) is 65.6 Å². The molecule has 0 spiro atoms. The predicted molar refractivity (Wildman–Crippen MR) is 126 cm³/mol. The number of aliphatic hydroxyl groups is 1. The zero-order chi connectivity index (χ0) is 22.3. The van der Waals surface area contributed by atoms with E-state index in [4.69, 9.17) is 4.98 Å². The summed E-state index contributed by atoms with van der Waals surface area (Å²) >= 11 is 0. The molecule has 0 radical (unpaired) electrons. The number of nitrogens with one attached hydrogen (secondary N) is 1. The van der Waals surface area contributed by atoms with Crippen LogP contribution in [0.4, 0.5) is 5.82 Å². The minimum atomic E-state index is -0.779. The van der Waals surface area contributed by atoms with E-state index >= 15 is 0 Å². The van der Waals surface area contributed by atoms with Crippen LogP contribution in [-0.2, 0) is 6.42 Å². The first-order valence-corrected chi connectivity index (χ1v) is 11.3. The third kappa shape index (κ3) is 6.02. The Morgan fingerprint density at radius 3 is 2.69 bits per heavy atom. The van der Waals surface area contributed by atoms with E-state index in [0.29, 0.717) is 17.8 Å². The fraction of sp³-hybridized carbons (Fsp3) is 0.400. The third-order valence-electron chi connectivity index (χ3n) is 5.75. The molecule has 1 atom stereocenters. The first-order chi connectivity index (χ1) is 15.6. The molecule has 1 fully saturated rings. The second-order valence-electron chi connectivity index (χ2n) is 8.46. The smallest absolute Gasteiger partial charge is 0.163 e. The number of hydrogen-bond acceptors (Lipinski definition) is 7. The van der Waals surface area contributed by atoms with Crippen LogP contribution in [-0.4, -0.2) is 56.2 Å². The molecule has 0 amide bonds. The second-order valence-corrected chi connectivity index (χ2v) is 8.46. The molecule has 3 aromatic rings. The zero-order valence-corrected chi connectivity index (χ0v) is 18.5. The Hall–Kier alpha value is -3.03. The van der Waals surface area contributed by atoms with Gasteiger partial charge in [-0.25, -0.2) is 9.97 Å². The molecule has 3 heterocycles. The fourth-order valence-corrected chi connectivity index (χ4v) is 4.14. The van der Waals surface area contributed by atoms with Gasteiger partial charge in [0.25, 0.3) is 0 Å². The standard InChI is InChI=1S/C25H31N5O2/c1-18-12-20(14-22(31)13-18)23(32)15-21-16-24(27-8-11-30-9-3-2-4-10-30)29-25(28-21)19-6-5-7-26-17-19/h5-7,12-14,16-17,23,31-32H,2-4,8-11,15H2,1H3,(H,27,28,29). The summed E-state index contributed by atoms with van der Waals surface area (Å²) in [4.78, 5) is 16.0. The second kappa shape index (κ2) is 10.5. The Morgan fingerprint density at radius 1 is 1.09 bits per heavy atom. The summed E-state index contributed by atoms with van der Waals surface area (Å²) < 4.78 is 0. The third-order valence-corrected chi connectivity index (χ3v) is 5.75. The molecule has 0 bridgehead atoms. The molecule has 1 aliphatic heterocycles. The Morgan fingerprint density at radius 2 is 1.94 bits per heavy atom. The summed E-state index contributed by atoms with van der Waals surface area (Å²) in [5, 5.41) is 24.1. The quantitative estimate of drug-likeness (QED) is 0.498. The predicted octanol–water partition coefficient (Wildman–Crippen LogP) is 3.73. The molecule has 7 heteroatoms. The molecule has 1 aromatic carbocycles. The SMILES string of the molecule is Cc1cc(O)cc(C(O)Cc2cc(NCCN3CCCCC3)nc(-c3cccnc3)n2)c1. The van der Waals surface area contributed by atoms with Crippen molar-refractivity contribution in [1.82, 2.24) is 19.9 Å². The van der Waals surface area contributed by atoms with Crippen molar-refractivity contribution in [2.24, 2.45) is 0 Å². The lowest BCUT2D eigenvalue weighted by Gasteiger charge is -2.26. The van der Waals surface area contributed by atoms with Crippen molar-refractivity contribution in [3.63, 3.8) is 0 Å². The number of aromatic hydroxyl groups is 1. The number of rotatable bonds is 8. The average molecular weight is 434 g/mol. The maximum atomic E-state index is 10.8. The van der Waals surface area contributed by atoms with Crippen molar-refractivity contribution in [2.75, 3.05) is 31.5 Å². The Bertz CT molecular complexity index is 1000. The molecule has 3 N–H and O–H groups in total. The van der Waals surface area contributed by atoms with Gasteiger partial charge in [0, 0.05) is 49.2 Å². The molecule has 7 nitrogen and oxygen atoms in total. The number of phenols is 1. The molecule has 0 saturated carbocycles. The minimum Gasteiger partial charge on any atom is -0.508 e. The van der Waals surface area contributed by atoms with E-state index < -0.39 is 6.10 Å². The molecular formula is C25H31N5O2. The van der Waals surface area contributed by atoms with Crippen LogP contribution in [0.1, 0.15) is 42.2 Å². The van der Waals surface area contributed by atoms with Gasteiger partial charge in [-0.1, -0.05) is 12.5 Å². The normalized spacial score (nSPS) is 15.4. The van der Waals surface area contributed by atoms with E-state index in [1.54, 1.807) is 24.5 Å². The number of aryl methyl sites for hydroxylation is 1. The number of aliphatic hydroxyl groups excluding tert-OH is 1. The summed E-state index contributed by atoms with van der Waals surface area (Å²) in [6.45, 7) is 6.00. The van der Waals surface area contributed by atoms with Crippen molar-refractivity contribution in [3.8, 4) is 17.1 Å². The zero-order valence-electron chi connectivity index (χ0n) is 18.5. The van der Waals surface area contributed by atoms with Gasteiger partial charge in [0.2, 0.25) is 0 Å². The number of benzene rings is 1. The van der Waals surface area contributed by atoms with Gasteiger partial charge in [-0.3, -0.25) is 4.98 Å². The van der Waals surface area contributed by atoms with Crippen LogP contribution in [0.2, 0.25) is 0 Å². The summed E-state index contributed by atoms with van der Waals surface area (Å²) in [5.74, 6) is 1.47. The topological polar surface area (TPSA) is 94.4 Å². The molecular weight excluding hydrogens is 402 g/mol. The lowest BCUT2D eigenvalue weighted by atomic mass is 10.0. The van der Waals surface area contributed by atoms with E-state index in [9.17, 15) is 10.2 Å². The van der Waals surface area contributed by atoms with Crippen molar-refractivity contribution in [2.45, 2.75) is 38.7 Å². The summed E-state index contributed by atoms with van der Waals surface area (Å²) in [6.07, 6.45) is 6.88. The summed E-state index contributed by atoms with van der Waals surface area (Å²) in [5.41, 5.74) is 3.13. The lowest BCUT2D eigenvalue weighted by Crippen LogP contribution is -2.33. The number of nitrogens with zero attached hydrogens (tertiary/aromatic N) is 4. The summed E-state index contributed by atoms with van der Waals surface area (Å²) in [6, 6.07) is 10.8. The van der Waals surface area contributed by atoms with Gasteiger partial charge in [-0.05, 0) is 68.2 Å². The Balaban J connectivity index is 1.52. The van der Waals surface area contributed by atoms with Gasteiger partial charge >= 0.3 is 0 Å². The first-order valence-electron chi connectivity index (χ1n) is 11.3.